The summed E-state index contributed by atoms with van der Waals surface area (Å²) in [5.41, 5.74) is 1.65. The van der Waals surface area contributed by atoms with Crippen molar-refractivity contribution in [1.82, 2.24) is 18.8 Å². The lowest BCUT2D eigenvalue weighted by Crippen LogP contribution is -2.48. The zero-order valence-electron chi connectivity index (χ0n) is 20.7. The Morgan fingerprint density at radius 1 is 1.29 bits per heavy atom. The van der Waals surface area contributed by atoms with Gasteiger partial charge in [-0.05, 0) is 25.1 Å². The quantitative estimate of drug-likeness (QED) is 0.612. The largest absolute Gasteiger partial charge is 0.488 e. The average molecular weight is 494 g/mol. The third-order valence-corrected chi connectivity index (χ3v) is 7.92. The number of carbonyl (C=O) groups excluding carboxylic acids is 1. The molecule has 188 valence electrons. The summed E-state index contributed by atoms with van der Waals surface area (Å²) in [7, 11) is 3.23. The number of ether oxygens (including phenoxy) is 1. The van der Waals surface area contributed by atoms with E-state index in [1.54, 1.807) is 23.4 Å². The van der Waals surface area contributed by atoms with Crippen molar-refractivity contribution in [3.63, 3.8) is 0 Å². The van der Waals surface area contributed by atoms with Crippen molar-refractivity contribution in [1.29, 1.82) is 0 Å². The molecular formula is C23H35N5O5S. The van der Waals surface area contributed by atoms with Gasteiger partial charge in [-0.2, -0.15) is 4.31 Å². The summed E-state index contributed by atoms with van der Waals surface area (Å²) in [6, 6.07) is 5.28. The number of aryl methyl sites for hydroxylation is 1. The molecule has 0 radical (unpaired) electrons. The van der Waals surface area contributed by atoms with Gasteiger partial charge in [-0.1, -0.05) is 6.92 Å². The van der Waals surface area contributed by atoms with Gasteiger partial charge in [0.1, 0.15) is 11.9 Å². The van der Waals surface area contributed by atoms with Crippen molar-refractivity contribution >= 4 is 21.6 Å². The van der Waals surface area contributed by atoms with Crippen molar-refractivity contribution in [2.75, 3.05) is 45.7 Å². The SMILES string of the molecule is C[C@H]1CN([C@@H](C)CO)C(=O)Cc2cc(N(C)C)ccc2O[C@H]1CN(C)S(=O)(=O)c1cn(C)cn1. The lowest BCUT2D eigenvalue weighted by molar-refractivity contribution is -0.134. The minimum Gasteiger partial charge on any atom is -0.488 e. The number of fused-ring (bicyclic) bond motifs is 1. The van der Waals surface area contributed by atoms with E-state index >= 15 is 0 Å². The molecule has 0 saturated carbocycles. The van der Waals surface area contributed by atoms with Crippen LogP contribution in [0, 0.1) is 5.92 Å². The Balaban J connectivity index is 1.98. The number of amides is 1. The van der Waals surface area contributed by atoms with Gasteiger partial charge in [0, 0.05) is 58.1 Å². The average Bonchev–Trinajstić information content (AvgIpc) is 3.24. The summed E-state index contributed by atoms with van der Waals surface area (Å²) < 4.78 is 35.4. The maximum atomic E-state index is 13.2. The number of aliphatic hydroxyl groups excluding tert-OH is 1. The number of carbonyl (C=O) groups is 1. The number of nitrogens with zero attached hydrogens (tertiary/aromatic N) is 5. The van der Waals surface area contributed by atoms with Crippen LogP contribution in [0.2, 0.25) is 0 Å². The van der Waals surface area contributed by atoms with Crippen LogP contribution in [0.25, 0.3) is 0 Å². The number of likely N-dealkylation sites (N-methyl/N-ethyl adjacent to an activating group) is 1. The summed E-state index contributed by atoms with van der Waals surface area (Å²) >= 11 is 0. The Hall–Kier alpha value is -2.63. The van der Waals surface area contributed by atoms with E-state index in [9.17, 15) is 18.3 Å². The van der Waals surface area contributed by atoms with Crippen LogP contribution in [-0.4, -0.2) is 91.2 Å². The van der Waals surface area contributed by atoms with Gasteiger partial charge in [0.05, 0.1) is 31.9 Å². The third kappa shape index (κ3) is 5.53. The number of imidazole rings is 1. The highest BCUT2D eigenvalue weighted by Gasteiger charge is 2.34. The number of anilines is 1. The van der Waals surface area contributed by atoms with E-state index in [0.29, 0.717) is 12.3 Å². The zero-order chi connectivity index (χ0) is 25.2. The molecule has 1 aliphatic rings. The molecular weight excluding hydrogens is 458 g/mol. The number of benzene rings is 1. The van der Waals surface area contributed by atoms with Gasteiger partial charge < -0.3 is 24.2 Å². The van der Waals surface area contributed by atoms with E-state index in [1.165, 1.54) is 23.9 Å². The monoisotopic (exact) mass is 493 g/mol. The summed E-state index contributed by atoms with van der Waals surface area (Å²) in [5.74, 6) is 0.237. The zero-order valence-corrected chi connectivity index (χ0v) is 21.5. The van der Waals surface area contributed by atoms with Gasteiger partial charge in [-0.15, -0.1) is 0 Å². The standard InChI is InChI=1S/C23H35N5O5S/c1-16-11-28(17(2)14-29)23(30)10-18-9-19(25(3)4)7-8-20(18)33-21(16)12-27(6)34(31,32)22-13-26(5)15-24-22/h7-9,13,15-17,21,29H,10-12,14H2,1-6H3/t16-,17-,21-/m0/s1. The van der Waals surface area contributed by atoms with Crippen LogP contribution >= 0.6 is 0 Å². The molecule has 0 fully saturated rings. The molecule has 1 amide bonds. The molecule has 1 aromatic carbocycles. The van der Waals surface area contributed by atoms with Crippen molar-refractivity contribution in [2.45, 2.75) is 37.4 Å². The predicted octanol–water partition coefficient (Wildman–Crippen LogP) is 0.956. The molecule has 3 atom stereocenters. The summed E-state index contributed by atoms with van der Waals surface area (Å²) in [4.78, 5) is 20.8. The van der Waals surface area contributed by atoms with Gasteiger partial charge in [0.15, 0.2) is 5.03 Å². The molecule has 1 N–H and O–H groups in total. The summed E-state index contributed by atoms with van der Waals surface area (Å²) in [6.07, 6.45) is 2.49. The Labute approximate surface area is 201 Å². The second-order valence-electron chi connectivity index (χ2n) is 9.24. The van der Waals surface area contributed by atoms with E-state index in [0.717, 1.165) is 11.3 Å². The van der Waals surface area contributed by atoms with Crippen LogP contribution < -0.4 is 9.64 Å². The lowest BCUT2D eigenvalue weighted by atomic mass is 10.0. The molecule has 3 rings (SSSR count). The summed E-state index contributed by atoms with van der Waals surface area (Å²) in [5, 5.41) is 9.72. The Morgan fingerprint density at radius 3 is 2.59 bits per heavy atom. The molecule has 34 heavy (non-hydrogen) atoms. The van der Waals surface area contributed by atoms with Crippen molar-refractivity contribution < 1.29 is 23.1 Å². The minimum atomic E-state index is -3.82. The fraction of sp³-hybridized carbons (Fsp3) is 0.565. The van der Waals surface area contributed by atoms with E-state index in [2.05, 4.69) is 4.98 Å². The number of hydrogen-bond acceptors (Lipinski definition) is 7. The first-order valence-corrected chi connectivity index (χ1v) is 12.7. The second kappa shape index (κ2) is 10.3. The van der Waals surface area contributed by atoms with Gasteiger partial charge in [0.25, 0.3) is 10.0 Å². The predicted molar refractivity (Wildman–Crippen MR) is 129 cm³/mol. The molecule has 2 aromatic rings. The van der Waals surface area contributed by atoms with Crippen LogP contribution in [0.15, 0.2) is 35.7 Å². The van der Waals surface area contributed by atoms with E-state index in [-0.39, 0.29) is 42.5 Å². The molecule has 0 unspecified atom stereocenters. The van der Waals surface area contributed by atoms with Crippen molar-refractivity contribution in [2.24, 2.45) is 13.0 Å². The third-order valence-electron chi connectivity index (χ3n) is 6.21. The molecule has 2 heterocycles. The number of sulfonamides is 1. The van der Waals surface area contributed by atoms with E-state index < -0.39 is 16.1 Å². The lowest BCUT2D eigenvalue weighted by Gasteiger charge is -2.33. The first kappa shape index (κ1) is 26.0. The van der Waals surface area contributed by atoms with Crippen LogP contribution in [0.1, 0.15) is 19.4 Å². The van der Waals surface area contributed by atoms with Crippen LogP contribution in [-0.2, 0) is 28.3 Å². The van der Waals surface area contributed by atoms with E-state index in [1.807, 2.05) is 44.1 Å². The maximum Gasteiger partial charge on any atom is 0.261 e. The van der Waals surface area contributed by atoms with Gasteiger partial charge in [-0.3, -0.25) is 4.79 Å². The Kier molecular flexibility index (Phi) is 7.89. The first-order chi connectivity index (χ1) is 15.9. The van der Waals surface area contributed by atoms with E-state index in [4.69, 9.17) is 4.74 Å². The molecule has 0 saturated heterocycles. The Bertz CT molecular complexity index is 1120. The van der Waals surface area contributed by atoms with Crippen molar-refractivity contribution in [3.05, 3.63) is 36.3 Å². The van der Waals surface area contributed by atoms with Crippen LogP contribution in [0.3, 0.4) is 0 Å². The molecule has 0 aliphatic carbocycles. The highest BCUT2D eigenvalue weighted by Crippen LogP contribution is 2.30. The second-order valence-corrected chi connectivity index (χ2v) is 11.2. The molecule has 1 aliphatic heterocycles. The van der Waals surface area contributed by atoms with Gasteiger partial charge in [-0.25, -0.2) is 13.4 Å². The highest BCUT2D eigenvalue weighted by atomic mass is 32.2. The van der Waals surface area contributed by atoms with Gasteiger partial charge >= 0.3 is 0 Å². The number of aliphatic hydroxyl groups is 1. The highest BCUT2D eigenvalue weighted by molar-refractivity contribution is 7.89. The minimum absolute atomic E-state index is 0.0325. The number of aromatic nitrogens is 2. The first-order valence-electron chi connectivity index (χ1n) is 11.3. The van der Waals surface area contributed by atoms with Gasteiger partial charge in [0.2, 0.25) is 5.91 Å². The molecule has 11 heteroatoms. The molecule has 0 bridgehead atoms. The topological polar surface area (TPSA) is 108 Å². The number of rotatable bonds is 7. The fourth-order valence-electron chi connectivity index (χ4n) is 3.95. The smallest absolute Gasteiger partial charge is 0.261 e. The maximum absolute atomic E-state index is 13.2. The normalized spacial score (nSPS) is 20.2. The molecule has 10 nitrogen and oxygen atoms in total. The van der Waals surface area contributed by atoms with Crippen LogP contribution in [0.5, 0.6) is 5.75 Å². The molecule has 1 aromatic heterocycles. The van der Waals surface area contributed by atoms with Crippen molar-refractivity contribution in [3.8, 4) is 5.75 Å². The molecule has 0 spiro atoms. The number of hydrogen-bond donors (Lipinski definition) is 1. The summed E-state index contributed by atoms with van der Waals surface area (Å²) in [6.45, 7) is 3.97. The Morgan fingerprint density at radius 2 is 2.00 bits per heavy atom. The fourth-order valence-corrected chi connectivity index (χ4v) is 5.09. The van der Waals surface area contributed by atoms with Crippen LogP contribution in [0.4, 0.5) is 5.69 Å².